The highest BCUT2D eigenvalue weighted by molar-refractivity contribution is 6.30. The first-order valence-electron chi connectivity index (χ1n) is 7.01. The molecule has 1 spiro atoms. The molecule has 0 unspecified atom stereocenters. The summed E-state index contributed by atoms with van der Waals surface area (Å²) in [5, 5.41) is 3.55. The molecular weight excluding hydrogens is 278 g/mol. The Hall–Kier alpha value is -1.10. The van der Waals surface area contributed by atoms with Crippen LogP contribution in [0.25, 0.3) is 0 Å². The summed E-state index contributed by atoms with van der Waals surface area (Å²) in [6.45, 7) is 1.33. The lowest BCUT2D eigenvalue weighted by molar-refractivity contribution is -0.182. The molecule has 2 aliphatic rings. The van der Waals surface area contributed by atoms with Crippen LogP contribution >= 0.6 is 11.6 Å². The van der Waals surface area contributed by atoms with Crippen molar-refractivity contribution in [3.05, 3.63) is 29.3 Å². The van der Waals surface area contributed by atoms with Crippen molar-refractivity contribution in [2.45, 2.75) is 31.5 Å². The fourth-order valence-corrected chi connectivity index (χ4v) is 3.11. The van der Waals surface area contributed by atoms with Crippen LogP contribution in [0.4, 0.5) is 5.69 Å². The van der Waals surface area contributed by atoms with Gasteiger partial charge in [0.25, 0.3) is 0 Å². The molecule has 0 bridgehead atoms. The van der Waals surface area contributed by atoms with Gasteiger partial charge in [-0.05, 0) is 31.0 Å². The average Bonchev–Trinajstić information content (AvgIpc) is 2.88. The number of rotatable bonds is 2. The first-order chi connectivity index (χ1) is 9.67. The summed E-state index contributed by atoms with van der Waals surface area (Å²) in [7, 11) is 0. The summed E-state index contributed by atoms with van der Waals surface area (Å²) in [4.78, 5) is 12.2. The number of nitrogens with one attached hydrogen (secondary N) is 1. The summed E-state index contributed by atoms with van der Waals surface area (Å²) in [6.07, 6.45) is 3.18. The van der Waals surface area contributed by atoms with E-state index in [1.165, 1.54) is 0 Å². The number of halogens is 1. The minimum absolute atomic E-state index is 0.0207. The van der Waals surface area contributed by atoms with Crippen molar-refractivity contribution >= 4 is 23.2 Å². The van der Waals surface area contributed by atoms with Crippen LogP contribution in [0.3, 0.4) is 0 Å². The zero-order valence-electron chi connectivity index (χ0n) is 11.2. The third kappa shape index (κ3) is 2.97. The van der Waals surface area contributed by atoms with Crippen molar-refractivity contribution in [3.8, 4) is 0 Å². The van der Waals surface area contributed by atoms with E-state index < -0.39 is 5.79 Å². The van der Waals surface area contributed by atoms with Crippen LogP contribution in [0.1, 0.15) is 25.7 Å². The van der Waals surface area contributed by atoms with Crippen LogP contribution in [0, 0.1) is 5.92 Å². The molecule has 0 radical (unpaired) electrons. The van der Waals surface area contributed by atoms with Crippen molar-refractivity contribution < 1.29 is 14.3 Å². The van der Waals surface area contributed by atoms with E-state index in [1.54, 1.807) is 12.1 Å². The van der Waals surface area contributed by atoms with Crippen LogP contribution in [0.5, 0.6) is 0 Å². The van der Waals surface area contributed by atoms with E-state index in [-0.39, 0.29) is 11.8 Å². The minimum Gasteiger partial charge on any atom is -0.348 e. The van der Waals surface area contributed by atoms with Gasteiger partial charge in [0.15, 0.2) is 5.79 Å². The van der Waals surface area contributed by atoms with Crippen LogP contribution < -0.4 is 5.32 Å². The van der Waals surface area contributed by atoms with Gasteiger partial charge >= 0.3 is 0 Å². The molecule has 3 rings (SSSR count). The van der Waals surface area contributed by atoms with E-state index >= 15 is 0 Å². The molecule has 2 fully saturated rings. The van der Waals surface area contributed by atoms with Crippen molar-refractivity contribution in [1.82, 2.24) is 0 Å². The summed E-state index contributed by atoms with van der Waals surface area (Å²) >= 11 is 5.91. The SMILES string of the molecule is O=C(Nc1cccc(Cl)c1)C1CCC2(CC1)OCCO2. The zero-order chi connectivity index (χ0) is 14.0. The number of carbonyl (C=O) groups excluding carboxylic acids is 1. The van der Waals surface area contributed by atoms with Gasteiger partial charge in [0.1, 0.15) is 0 Å². The van der Waals surface area contributed by atoms with E-state index in [4.69, 9.17) is 21.1 Å². The number of hydrogen-bond donors (Lipinski definition) is 1. The monoisotopic (exact) mass is 295 g/mol. The molecule has 1 saturated carbocycles. The Labute approximate surface area is 123 Å². The molecule has 5 heteroatoms. The molecule has 4 nitrogen and oxygen atoms in total. The minimum atomic E-state index is -0.410. The first kappa shape index (κ1) is 13.9. The van der Waals surface area contributed by atoms with Crippen LogP contribution in [0.15, 0.2) is 24.3 Å². The largest absolute Gasteiger partial charge is 0.348 e. The Morgan fingerprint density at radius 2 is 1.95 bits per heavy atom. The van der Waals surface area contributed by atoms with Gasteiger partial charge in [-0.1, -0.05) is 17.7 Å². The predicted molar refractivity (Wildman–Crippen MR) is 76.7 cm³/mol. The van der Waals surface area contributed by atoms with Crippen LogP contribution in [-0.4, -0.2) is 24.9 Å². The van der Waals surface area contributed by atoms with Gasteiger partial charge in [0.05, 0.1) is 13.2 Å². The van der Waals surface area contributed by atoms with Crippen LogP contribution in [-0.2, 0) is 14.3 Å². The van der Waals surface area contributed by atoms with Gasteiger partial charge in [-0.2, -0.15) is 0 Å². The normalized spacial score (nSPS) is 22.1. The van der Waals surface area contributed by atoms with Crippen molar-refractivity contribution in [1.29, 1.82) is 0 Å². The molecule has 0 aromatic heterocycles. The molecule has 1 aliphatic heterocycles. The first-order valence-corrected chi connectivity index (χ1v) is 7.39. The second-order valence-corrected chi connectivity index (χ2v) is 5.82. The summed E-state index contributed by atoms with van der Waals surface area (Å²) in [5.74, 6) is -0.333. The number of anilines is 1. The predicted octanol–water partition coefficient (Wildman–Crippen LogP) is 3.21. The molecule has 1 saturated heterocycles. The Balaban J connectivity index is 1.56. The molecule has 1 heterocycles. The molecule has 1 aromatic carbocycles. The highest BCUT2D eigenvalue weighted by Crippen LogP contribution is 2.38. The summed E-state index contributed by atoms with van der Waals surface area (Å²) in [6, 6.07) is 7.22. The van der Waals surface area contributed by atoms with E-state index in [9.17, 15) is 4.79 Å². The van der Waals surface area contributed by atoms with Crippen LogP contribution in [0.2, 0.25) is 5.02 Å². The van der Waals surface area contributed by atoms with E-state index in [0.29, 0.717) is 18.2 Å². The van der Waals surface area contributed by atoms with Crippen molar-refractivity contribution in [2.75, 3.05) is 18.5 Å². The number of carbonyl (C=O) groups is 1. The highest BCUT2D eigenvalue weighted by Gasteiger charge is 2.41. The topological polar surface area (TPSA) is 47.6 Å². The third-order valence-corrected chi connectivity index (χ3v) is 4.26. The average molecular weight is 296 g/mol. The molecule has 1 amide bonds. The molecule has 0 atom stereocenters. The zero-order valence-corrected chi connectivity index (χ0v) is 12.0. The fourth-order valence-electron chi connectivity index (χ4n) is 2.92. The number of benzene rings is 1. The Bertz CT molecular complexity index is 490. The number of amides is 1. The second kappa shape index (κ2) is 5.72. The van der Waals surface area contributed by atoms with Gasteiger partial charge in [-0.3, -0.25) is 4.79 Å². The summed E-state index contributed by atoms with van der Waals surface area (Å²) in [5.41, 5.74) is 0.746. The third-order valence-electron chi connectivity index (χ3n) is 4.02. The summed E-state index contributed by atoms with van der Waals surface area (Å²) < 4.78 is 11.3. The van der Waals surface area contributed by atoms with E-state index in [1.807, 2.05) is 12.1 Å². The molecule has 20 heavy (non-hydrogen) atoms. The maximum absolute atomic E-state index is 12.2. The van der Waals surface area contributed by atoms with Gasteiger partial charge < -0.3 is 14.8 Å². The smallest absolute Gasteiger partial charge is 0.227 e. The molecule has 108 valence electrons. The molecular formula is C15H18ClNO3. The number of hydrogen-bond acceptors (Lipinski definition) is 3. The lowest BCUT2D eigenvalue weighted by atomic mass is 9.84. The van der Waals surface area contributed by atoms with Crippen molar-refractivity contribution in [2.24, 2.45) is 5.92 Å². The second-order valence-electron chi connectivity index (χ2n) is 5.38. The molecule has 1 aliphatic carbocycles. The Morgan fingerprint density at radius 1 is 1.25 bits per heavy atom. The lowest BCUT2D eigenvalue weighted by Gasteiger charge is -2.34. The van der Waals surface area contributed by atoms with Crippen molar-refractivity contribution in [3.63, 3.8) is 0 Å². The quantitative estimate of drug-likeness (QED) is 0.911. The standard InChI is InChI=1S/C15H18ClNO3/c16-12-2-1-3-13(10-12)17-14(18)11-4-6-15(7-5-11)19-8-9-20-15/h1-3,10-11H,4-9H2,(H,17,18). The van der Waals surface area contributed by atoms with E-state index in [0.717, 1.165) is 31.4 Å². The lowest BCUT2D eigenvalue weighted by Crippen LogP contribution is -2.38. The van der Waals surface area contributed by atoms with Gasteiger partial charge in [-0.25, -0.2) is 0 Å². The Kier molecular flexibility index (Phi) is 3.96. The maximum Gasteiger partial charge on any atom is 0.227 e. The highest BCUT2D eigenvalue weighted by atomic mass is 35.5. The molecule has 1 N–H and O–H groups in total. The maximum atomic E-state index is 12.2. The van der Waals surface area contributed by atoms with Gasteiger partial charge in [0, 0.05) is 29.5 Å². The van der Waals surface area contributed by atoms with E-state index in [2.05, 4.69) is 5.32 Å². The fraction of sp³-hybridized carbons (Fsp3) is 0.533. The Morgan fingerprint density at radius 3 is 2.60 bits per heavy atom. The van der Waals surface area contributed by atoms with Gasteiger partial charge in [-0.15, -0.1) is 0 Å². The van der Waals surface area contributed by atoms with Gasteiger partial charge in [0.2, 0.25) is 5.91 Å². The number of ether oxygens (including phenoxy) is 2. The molecule has 1 aromatic rings.